The van der Waals surface area contributed by atoms with Crippen molar-refractivity contribution in [2.45, 2.75) is 38.6 Å². The molecule has 2 fully saturated rings. The number of carbonyl (C=O) groups is 3. The average Bonchev–Trinajstić information content (AvgIpc) is 2.38. The van der Waals surface area contributed by atoms with E-state index in [2.05, 4.69) is 5.32 Å². The lowest BCUT2D eigenvalue weighted by Gasteiger charge is -2.45. The normalized spacial score (nSPS) is 30.6. The van der Waals surface area contributed by atoms with Gasteiger partial charge in [0.1, 0.15) is 0 Å². The number of likely N-dealkylation sites (N-methyl/N-ethyl adjacent to an activating group) is 1. The van der Waals surface area contributed by atoms with Gasteiger partial charge in [0.2, 0.25) is 0 Å². The van der Waals surface area contributed by atoms with Gasteiger partial charge in [-0.3, -0.25) is 24.7 Å². The lowest BCUT2D eigenvalue weighted by atomic mass is 9.92. The van der Waals surface area contributed by atoms with Crippen molar-refractivity contribution >= 4 is 17.8 Å². The minimum Gasteiger partial charge on any atom is -0.282 e. The van der Waals surface area contributed by atoms with E-state index in [1.165, 1.54) is 0 Å². The van der Waals surface area contributed by atoms with Crippen LogP contribution in [0, 0.1) is 0 Å². The second-order valence-electron chi connectivity index (χ2n) is 4.93. The Morgan fingerprint density at radius 2 is 1.78 bits per heavy atom. The van der Waals surface area contributed by atoms with Crippen LogP contribution in [0.4, 0.5) is 4.79 Å². The third-order valence-corrected chi connectivity index (χ3v) is 3.87. The summed E-state index contributed by atoms with van der Waals surface area (Å²) < 4.78 is 0. The zero-order valence-electron chi connectivity index (χ0n) is 10.9. The summed E-state index contributed by atoms with van der Waals surface area (Å²) in [7, 11) is 0. The fourth-order valence-electron chi connectivity index (χ4n) is 2.65. The first-order valence-corrected chi connectivity index (χ1v) is 6.44. The number of imide groups is 2. The third kappa shape index (κ3) is 1.80. The number of hydrogen-bond acceptors (Lipinski definition) is 4. The molecule has 0 radical (unpaired) electrons. The lowest BCUT2D eigenvalue weighted by Crippen LogP contribution is -2.73. The Morgan fingerprint density at radius 3 is 2.33 bits per heavy atom. The summed E-state index contributed by atoms with van der Waals surface area (Å²) in [5.41, 5.74) is -1.23. The van der Waals surface area contributed by atoms with Crippen molar-refractivity contribution in [3.63, 3.8) is 0 Å². The summed E-state index contributed by atoms with van der Waals surface area (Å²) in [4.78, 5) is 39.0. The monoisotopic (exact) mass is 253 g/mol. The maximum Gasteiger partial charge on any atom is 0.330 e. The molecule has 2 aliphatic heterocycles. The van der Waals surface area contributed by atoms with Crippen molar-refractivity contribution in [1.82, 2.24) is 15.1 Å². The van der Waals surface area contributed by atoms with Crippen LogP contribution in [0.1, 0.15) is 33.1 Å². The number of urea groups is 1. The van der Waals surface area contributed by atoms with Crippen molar-refractivity contribution in [2.24, 2.45) is 0 Å². The molecule has 0 aliphatic carbocycles. The van der Waals surface area contributed by atoms with E-state index in [-0.39, 0.29) is 6.54 Å². The molecule has 2 rings (SSSR count). The summed E-state index contributed by atoms with van der Waals surface area (Å²) >= 11 is 0. The SMILES string of the molecule is CCN1C(=O)NC(=O)C(C)(N2CCCCC2)C1=O. The predicted molar refractivity (Wildman–Crippen MR) is 64.8 cm³/mol. The molecule has 4 amide bonds. The number of hydrogen-bond donors (Lipinski definition) is 1. The number of barbiturate groups is 1. The maximum atomic E-state index is 12.4. The smallest absolute Gasteiger partial charge is 0.282 e. The number of carbonyl (C=O) groups excluding carboxylic acids is 3. The molecule has 0 saturated carbocycles. The van der Waals surface area contributed by atoms with Crippen LogP contribution in [0.15, 0.2) is 0 Å². The molecule has 2 heterocycles. The number of amides is 4. The molecule has 1 unspecified atom stereocenters. The van der Waals surface area contributed by atoms with Crippen molar-refractivity contribution in [3.05, 3.63) is 0 Å². The van der Waals surface area contributed by atoms with E-state index in [1.807, 2.05) is 4.90 Å². The van der Waals surface area contributed by atoms with Crippen LogP contribution in [0.25, 0.3) is 0 Å². The van der Waals surface area contributed by atoms with Gasteiger partial charge in [-0.1, -0.05) is 6.42 Å². The van der Waals surface area contributed by atoms with Gasteiger partial charge in [0.15, 0.2) is 5.54 Å². The van der Waals surface area contributed by atoms with E-state index in [1.54, 1.807) is 13.8 Å². The zero-order chi connectivity index (χ0) is 13.3. The maximum absolute atomic E-state index is 12.4. The van der Waals surface area contributed by atoms with Gasteiger partial charge in [-0.05, 0) is 39.8 Å². The van der Waals surface area contributed by atoms with Crippen LogP contribution in [-0.2, 0) is 9.59 Å². The van der Waals surface area contributed by atoms with Gasteiger partial charge in [-0.25, -0.2) is 4.79 Å². The minimum atomic E-state index is -1.23. The first kappa shape index (κ1) is 13.0. The number of piperidine rings is 1. The number of nitrogens with one attached hydrogen (secondary N) is 1. The largest absolute Gasteiger partial charge is 0.330 e. The molecule has 6 nitrogen and oxygen atoms in total. The second kappa shape index (κ2) is 4.68. The molecule has 0 aromatic carbocycles. The Labute approximate surface area is 106 Å². The average molecular weight is 253 g/mol. The molecule has 1 atom stereocenters. The quantitative estimate of drug-likeness (QED) is 0.720. The molecule has 1 N–H and O–H groups in total. The van der Waals surface area contributed by atoms with Crippen LogP contribution in [0.2, 0.25) is 0 Å². The Hall–Kier alpha value is -1.43. The molecule has 0 aromatic rings. The molecule has 18 heavy (non-hydrogen) atoms. The van der Waals surface area contributed by atoms with Gasteiger partial charge >= 0.3 is 6.03 Å². The first-order chi connectivity index (χ1) is 8.51. The standard InChI is InChI=1S/C12H19N3O3/c1-3-15-10(17)12(2,9(16)13-11(15)18)14-7-5-4-6-8-14/h3-8H2,1-2H3,(H,13,16,18). The molecule has 100 valence electrons. The van der Waals surface area contributed by atoms with Gasteiger partial charge < -0.3 is 0 Å². The highest BCUT2D eigenvalue weighted by molar-refractivity contribution is 6.22. The zero-order valence-corrected chi connectivity index (χ0v) is 10.9. The van der Waals surface area contributed by atoms with E-state index in [9.17, 15) is 14.4 Å². The van der Waals surface area contributed by atoms with Gasteiger partial charge in [-0.15, -0.1) is 0 Å². The van der Waals surface area contributed by atoms with Crippen molar-refractivity contribution in [2.75, 3.05) is 19.6 Å². The Kier molecular flexibility index (Phi) is 3.38. The van der Waals surface area contributed by atoms with Gasteiger partial charge in [0, 0.05) is 6.54 Å². The summed E-state index contributed by atoms with van der Waals surface area (Å²) in [5.74, 6) is -0.898. The molecular formula is C12H19N3O3. The molecule has 0 spiro atoms. The van der Waals surface area contributed by atoms with Crippen LogP contribution >= 0.6 is 0 Å². The van der Waals surface area contributed by atoms with Crippen LogP contribution < -0.4 is 5.32 Å². The van der Waals surface area contributed by atoms with Gasteiger partial charge in [0.05, 0.1) is 0 Å². The predicted octanol–water partition coefficient (Wildman–Crippen LogP) is 0.329. The second-order valence-corrected chi connectivity index (χ2v) is 4.93. The summed E-state index contributed by atoms with van der Waals surface area (Å²) in [6.45, 7) is 5.07. The van der Waals surface area contributed by atoms with E-state index in [0.717, 1.165) is 37.3 Å². The number of nitrogens with zero attached hydrogens (tertiary/aromatic N) is 2. The fourth-order valence-corrected chi connectivity index (χ4v) is 2.65. The molecule has 0 bridgehead atoms. The van der Waals surface area contributed by atoms with Crippen molar-refractivity contribution < 1.29 is 14.4 Å². The highest BCUT2D eigenvalue weighted by Crippen LogP contribution is 2.26. The number of likely N-dealkylation sites (tertiary alicyclic amines) is 1. The molecule has 6 heteroatoms. The molecule has 2 saturated heterocycles. The Bertz CT molecular complexity index is 390. The van der Waals surface area contributed by atoms with Crippen molar-refractivity contribution in [3.8, 4) is 0 Å². The molecule has 0 aromatic heterocycles. The Morgan fingerprint density at radius 1 is 1.17 bits per heavy atom. The summed E-state index contributed by atoms with van der Waals surface area (Å²) in [5, 5.41) is 2.28. The molecule has 2 aliphatic rings. The van der Waals surface area contributed by atoms with E-state index in [4.69, 9.17) is 0 Å². The first-order valence-electron chi connectivity index (χ1n) is 6.44. The fraction of sp³-hybridized carbons (Fsp3) is 0.750. The van der Waals surface area contributed by atoms with Gasteiger partial charge in [0.25, 0.3) is 11.8 Å². The topological polar surface area (TPSA) is 69.7 Å². The van der Waals surface area contributed by atoms with Gasteiger partial charge in [-0.2, -0.15) is 0 Å². The third-order valence-electron chi connectivity index (χ3n) is 3.87. The summed E-state index contributed by atoms with van der Waals surface area (Å²) in [6.07, 6.45) is 3.09. The highest BCUT2D eigenvalue weighted by atomic mass is 16.2. The van der Waals surface area contributed by atoms with Crippen LogP contribution in [-0.4, -0.2) is 52.8 Å². The summed E-state index contributed by atoms with van der Waals surface area (Å²) in [6, 6.07) is -0.609. The van der Waals surface area contributed by atoms with E-state index < -0.39 is 23.4 Å². The van der Waals surface area contributed by atoms with Crippen LogP contribution in [0.3, 0.4) is 0 Å². The number of rotatable bonds is 2. The van der Waals surface area contributed by atoms with E-state index >= 15 is 0 Å². The lowest BCUT2D eigenvalue weighted by molar-refractivity contribution is -0.154. The van der Waals surface area contributed by atoms with Crippen LogP contribution in [0.5, 0.6) is 0 Å². The Balaban J connectivity index is 2.30. The molecular weight excluding hydrogens is 234 g/mol. The minimum absolute atomic E-state index is 0.279. The highest BCUT2D eigenvalue weighted by Gasteiger charge is 2.53. The van der Waals surface area contributed by atoms with E-state index in [0.29, 0.717) is 0 Å². The van der Waals surface area contributed by atoms with Crippen molar-refractivity contribution in [1.29, 1.82) is 0 Å².